The van der Waals surface area contributed by atoms with Gasteiger partial charge in [0.15, 0.2) is 0 Å². The van der Waals surface area contributed by atoms with E-state index in [2.05, 4.69) is 16.0 Å². The van der Waals surface area contributed by atoms with Gasteiger partial charge in [-0.1, -0.05) is 29.3 Å². The summed E-state index contributed by atoms with van der Waals surface area (Å²) in [5.74, 6) is 0.338. The van der Waals surface area contributed by atoms with Crippen molar-refractivity contribution in [2.75, 3.05) is 12.4 Å². The van der Waals surface area contributed by atoms with Gasteiger partial charge in [-0.3, -0.25) is 4.79 Å². The molecule has 3 N–H and O–H groups in total. The van der Waals surface area contributed by atoms with Crippen LogP contribution in [-0.2, 0) is 4.79 Å². The molecular formula is C19H17Cl2N3O3. The van der Waals surface area contributed by atoms with Gasteiger partial charge < -0.3 is 20.7 Å². The molecule has 1 atom stereocenters. The molecule has 2 aromatic rings. The highest BCUT2D eigenvalue weighted by atomic mass is 35.5. The summed E-state index contributed by atoms with van der Waals surface area (Å²) < 4.78 is 5.11. The van der Waals surface area contributed by atoms with Crippen molar-refractivity contribution in [2.45, 2.75) is 13.0 Å². The van der Waals surface area contributed by atoms with E-state index in [0.717, 1.165) is 0 Å². The second-order valence-electron chi connectivity index (χ2n) is 5.93. The van der Waals surface area contributed by atoms with Gasteiger partial charge in [0.2, 0.25) is 0 Å². The molecule has 0 fully saturated rings. The summed E-state index contributed by atoms with van der Waals surface area (Å²) in [4.78, 5) is 24.9. The monoisotopic (exact) mass is 405 g/mol. The summed E-state index contributed by atoms with van der Waals surface area (Å²) in [6.45, 7) is 1.67. The number of allylic oxidation sites excluding steroid dienone is 1. The lowest BCUT2D eigenvalue weighted by Crippen LogP contribution is -2.45. The molecule has 6 nitrogen and oxygen atoms in total. The zero-order chi connectivity index (χ0) is 19.6. The van der Waals surface area contributed by atoms with Crippen LogP contribution in [0.4, 0.5) is 10.5 Å². The molecule has 8 heteroatoms. The highest BCUT2D eigenvalue weighted by Crippen LogP contribution is 2.32. The Bertz CT molecular complexity index is 926. The van der Waals surface area contributed by atoms with E-state index in [9.17, 15) is 9.59 Å². The van der Waals surface area contributed by atoms with E-state index < -0.39 is 12.1 Å². The van der Waals surface area contributed by atoms with Crippen LogP contribution in [0.3, 0.4) is 0 Å². The number of urea groups is 1. The van der Waals surface area contributed by atoms with Crippen molar-refractivity contribution in [3.8, 4) is 5.75 Å². The SMILES string of the molecule is COc1ccc(NC(=O)C2=C(C)NC(=O)N[C@@H]2c2ccc(Cl)c(Cl)c2)cc1. The van der Waals surface area contributed by atoms with Crippen molar-refractivity contribution in [3.05, 3.63) is 69.3 Å². The van der Waals surface area contributed by atoms with Crippen molar-refractivity contribution in [3.63, 3.8) is 0 Å². The average molecular weight is 406 g/mol. The van der Waals surface area contributed by atoms with Crippen LogP contribution in [0.5, 0.6) is 5.75 Å². The summed E-state index contributed by atoms with van der Waals surface area (Å²) in [5, 5.41) is 8.95. The summed E-state index contributed by atoms with van der Waals surface area (Å²) in [6.07, 6.45) is 0. The molecule has 0 aliphatic carbocycles. The van der Waals surface area contributed by atoms with Crippen molar-refractivity contribution in [1.29, 1.82) is 0 Å². The number of benzene rings is 2. The molecule has 1 aliphatic heterocycles. The summed E-state index contributed by atoms with van der Waals surface area (Å²) in [7, 11) is 1.57. The molecule has 1 heterocycles. The van der Waals surface area contributed by atoms with Crippen LogP contribution in [0.15, 0.2) is 53.7 Å². The molecule has 27 heavy (non-hydrogen) atoms. The minimum Gasteiger partial charge on any atom is -0.497 e. The Kier molecular flexibility index (Phi) is 5.58. The number of ether oxygens (including phenoxy) is 1. The van der Waals surface area contributed by atoms with Gasteiger partial charge in [0, 0.05) is 11.4 Å². The number of anilines is 1. The van der Waals surface area contributed by atoms with Gasteiger partial charge in [0.25, 0.3) is 5.91 Å². The van der Waals surface area contributed by atoms with Gasteiger partial charge in [-0.25, -0.2) is 4.79 Å². The Labute approximate surface area is 166 Å². The third kappa shape index (κ3) is 4.18. The molecule has 3 rings (SSSR count). The van der Waals surface area contributed by atoms with E-state index in [4.69, 9.17) is 27.9 Å². The number of rotatable bonds is 4. The van der Waals surface area contributed by atoms with Crippen LogP contribution in [-0.4, -0.2) is 19.0 Å². The van der Waals surface area contributed by atoms with Gasteiger partial charge in [0.05, 0.1) is 28.8 Å². The first-order valence-corrected chi connectivity index (χ1v) is 8.83. The Morgan fingerprint density at radius 2 is 1.81 bits per heavy atom. The zero-order valence-electron chi connectivity index (χ0n) is 14.6. The summed E-state index contributed by atoms with van der Waals surface area (Å²) in [6, 6.07) is 10.9. The standard InChI is InChI=1S/C19H17Cl2N3O3/c1-10-16(18(25)23-12-4-6-13(27-2)7-5-12)17(24-19(26)22-10)11-3-8-14(20)15(21)9-11/h3-9,17H,1-2H3,(H,23,25)(H2,22,24,26)/t17-/m1/s1. The fourth-order valence-electron chi connectivity index (χ4n) is 2.81. The summed E-state index contributed by atoms with van der Waals surface area (Å²) in [5.41, 5.74) is 2.09. The summed E-state index contributed by atoms with van der Waals surface area (Å²) >= 11 is 12.1. The van der Waals surface area contributed by atoms with Gasteiger partial charge in [-0.2, -0.15) is 0 Å². The molecule has 0 bridgehead atoms. The molecule has 0 saturated heterocycles. The molecule has 0 aromatic heterocycles. The van der Waals surface area contributed by atoms with Gasteiger partial charge in [0.1, 0.15) is 5.75 Å². The first-order valence-electron chi connectivity index (χ1n) is 8.07. The second-order valence-corrected chi connectivity index (χ2v) is 6.74. The third-order valence-electron chi connectivity index (χ3n) is 4.14. The van der Waals surface area contributed by atoms with Crippen LogP contribution in [0, 0.1) is 0 Å². The number of halogens is 2. The maximum atomic E-state index is 12.9. The third-order valence-corrected chi connectivity index (χ3v) is 4.88. The molecule has 3 amide bonds. The minimum atomic E-state index is -0.660. The van der Waals surface area contributed by atoms with Crippen LogP contribution in [0.1, 0.15) is 18.5 Å². The van der Waals surface area contributed by atoms with Crippen LogP contribution >= 0.6 is 23.2 Å². The van der Waals surface area contributed by atoms with Crippen molar-refractivity contribution in [2.24, 2.45) is 0 Å². The predicted octanol–water partition coefficient (Wildman–Crippen LogP) is 4.27. The normalized spacial score (nSPS) is 16.4. The smallest absolute Gasteiger partial charge is 0.319 e. The van der Waals surface area contributed by atoms with E-state index >= 15 is 0 Å². The highest BCUT2D eigenvalue weighted by molar-refractivity contribution is 6.42. The van der Waals surface area contributed by atoms with Gasteiger partial charge >= 0.3 is 6.03 Å². The molecule has 0 radical (unpaired) electrons. The van der Waals surface area contributed by atoms with Gasteiger partial charge in [-0.05, 0) is 48.9 Å². The number of hydrogen-bond acceptors (Lipinski definition) is 3. The Morgan fingerprint density at radius 3 is 2.44 bits per heavy atom. The van der Waals surface area contributed by atoms with E-state index in [-0.39, 0.29) is 5.91 Å². The lowest BCUT2D eigenvalue weighted by molar-refractivity contribution is -0.113. The Hall–Kier alpha value is -2.70. The van der Waals surface area contributed by atoms with Crippen LogP contribution in [0.2, 0.25) is 10.0 Å². The average Bonchev–Trinajstić information content (AvgIpc) is 2.63. The van der Waals surface area contributed by atoms with E-state index in [0.29, 0.717) is 38.3 Å². The molecule has 0 spiro atoms. The van der Waals surface area contributed by atoms with E-state index in [1.165, 1.54) is 0 Å². The van der Waals surface area contributed by atoms with Crippen molar-refractivity contribution in [1.82, 2.24) is 10.6 Å². The van der Waals surface area contributed by atoms with Crippen LogP contribution in [0.25, 0.3) is 0 Å². The Morgan fingerprint density at radius 1 is 1.11 bits per heavy atom. The highest BCUT2D eigenvalue weighted by Gasteiger charge is 2.31. The Balaban J connectivity index is 1.92. The number of methoxy groups -OCH3 is 1. The molecule has 1 aliphatic rings. The number of hydrogen-bond donors (Lipinski definition) is 3. The molecule has 0 unspecified atom stereocenters. The molecule has 140 valence electrons. The van der Waals surface area contributed by atoms with E-state index in [1.807, 2.05) is 0 Å². The predicted molar refractivity (Wildman–Crippen MR) is 105 cm³/mol. The fourth-order valence-corrected chi connectivity index (χ4v) is 3.12. The van der Waals surface area contributed by atoms with Crippen LogP contribution < -0.4 is 20.7 Å². The minimum absolute atomic E-state index is 0.342. The number of carbonyl (C=O) groups excluding carboxylic acids is 2. The van der Waals surface area contributed by atoms with Crippen molar-refractivity contribution < 1.29 is 14.3 Å². The van der Waals surface area contributed by atoms with Crippen molar-refractivity contribution >= 4 is 40.8 Å². The maximum Gasteiger partial charge on any atom is 0.319 e. The lowest BCUT2D eigenvalue weighted by atomic mass is 9.95. The second kappa shape index (κ2) is 7.90. The number of amides is 3. The molecule has 2 aromatic carbocycles. The van der Waals surface area contributed by atoms with Gasteiger partial charge in [-0.15, -0.1) is 0 Å². The fraction of sp³-hybridized carbons (Fsp3) is 0.158. The maximum absolute atomic E-state index is 12.9. The first-order chi connectivity index (χ1) is 12.9. The quantitative estimate of drug-likeness (QED) is 0.710. The number of carbonyl (C=O) groups is 2. The largest absolute Gasteiger partial charge is 0.497 e. The topological polar surface area (TPSA) is 79.5 Å². The molecule has 0 saturated carbocycles. The molecular weight excluding hydrogens is 389 g/mol. The number of nitrogens with one attached hydrogen (secondary N) is 3. The zero-order valence-corrected chi connectivity index (χ0v) is 16.1. The first kappa shape index (κ1) is 19.1. The lowest BCUT2D eigenvalue weighted by Gasteiger charge is -2.29. The van der Waals surface area contributed by atoms with E-state index in [1.54, 1.807) is 56.5 Å².